The zero-order chi connectivity index (χ0) is 18.5. The summed E-state index contributed by atoms with van der Waals surface area (Å²) in [4.78, 5) is 25.6. The topological polar surface area (TPSA) is 67.9 Å². The third-order valence-corrected chi connectivity index (χ3v) is 4.26. The summed E-state index contributed by atoms with van der Waals surface area (Å²) in [7, 11) is 0. The van der Waals surface area contributed by atoms with Gasteiger partial charge in [-0.15, -0.1) is 0 Å². The molecule has 0 unspecified atom stereocenters. The number of benzene rings is 2. The first kappa shape index (κ1) is 18.1. The van der Waals surface area contributed by atoms with Gasteiger partial charge >= 0.3 is 0 Å². The van der Waals surface area contributed by atoms with Gasteiger partial charge in [-0.25, -0.2) is 0 Å². The van der Waals surface area contributed by atoms with E-state index in [1.54, 1.807) is 29.2 Å². The van der Waals surface area contributed by atoms with Crippen LogP contribution >= 0.6 is 11.6 Å². The van der Waals surface area contributed by atoms with E-state index in [1.165, 1.54) is 6.92 Å². The number of hydrogen-bond acceptors (Lipinski definition) is 4. The molecule has 0 fully saturated rings. The van der Waals surface area contributed by atoms with E-state index in [4.69, 9.17) is 21.1 Å². The van der Waals surface area contributed by atoms with Gasteiger partial charge in [-0.1, -0.05) is 17.7 Å². The Labute approximate surface area is 156 Å². The Morgan fingerprint density at radius 1 is 1.12 bits per heavy atom. The highest BCUT2D eigenvalue weighted by Gasteiger charge is 2.15. The minimum atomic E-state index is -0.136. The number of amides is 2. The van der Waals surface area contributed by atoms with Crippen molar-refractivity contribution < 1.29 is 19.1 Å². The molecule has 0 aromatic heterocycles. The maximum absolute atomic E-state index is 12.1. The number of carbonyl (C=O) groups excluding carboxylic acids is 2. The van der Waals surface area contributed by atoms with Crippen molar-refractivity contribution in [2.45, 2.75) is 19.9 Å². The number of hydrogen-bond donors (Lipinski definition) is 1. The summed E-state index contributed by atoms with van der Waals surface area (Å²) in [6, 6.07) is 12.5. The smallest absolute Gasteiger partial charge is 0.231 e. The van der Waals surface area contributed by atoms with Crippen LogP contribution in [0.25, 0.3) is 0 Å². The predicted octanol–water partition coefficient (Wildman–Crippen LogP) is 3.13. The normalized spacial score (nSPS) is 11.9. The lowest BCUT2D eigenvalue weighted by Gasteiger charge is -2.21. The molecular formula is C19H19ClN2O4. The summed E-state index contributed by atoms with van der Waals surface area (Å²) in [5, 5.41) is 3.45. The van der Waals surface area contributed by atoms with Crippen molar-refractivity contribution in [2.75, 3.05) is 18.2 Å². The van der Waals surface area contributed by atoms with Gasteiger partial charge in [0.15, 0.2) is 11.5 Å². The Kier molecular flexibility index (Phi) is 5.63. The molecule has 0 aliphatic carbocycles. The minimum absolute atomic E-state index is 0.129. The van der Waals surface area contributed by atoms with E-state index in [9.17, 15) is 9.59 Å². The number of halogens is 1. The lowest BCUT2D eigenvalue weighted by Crippen LogP contribution is -2.33. The first-order chi connectivity index (χ1) is 12.5. The van der Waals surface area contributed by atoms with Crippen molar-refractivity contribution in [1.29, 1.82) is 0 Å². The van der Waals surface area contributed by atoms with Crippen molar-refractivity contribution in [3.05, 3.63) is 53.1 Å². The van der Waals surface area contributed by atoms with E-state index in [0.29, 0.717) is 35.3 Å². The molecule has 0 saturated heterocycles. The molecule has 0 atom stereocenters. The second-order valence-corrected chi connectivity index (χ2v) is 6.30. The zero-order valence-corrected chi connectivity index (χ0v) is 15.1. The number of nitrogens with one attached hydrogen (secondary N) is 1. The van der Waals surface area contributed by atoms with Crippen LogP contribution in [0.1, 0.15) is 18.9 Å². The third kappa shape index (κ3) is 4.46. The predicted molar refractivity (Wildman–Crippen MR) is 98.5 cm³/mol. The molecule has 2 aromatic rings. The Morgan fingerprint density at radius 3 is 2.58 bits per heavy atom. The van der Waals surface area contributed by atoms with Crippen LogP contribution in [0, 0.1) is 0 Å². The van der Waals surface area contributed by atoms with Crippen molar-refractivity contribution >= 4 is 29.1 Å². The molecule has 0 saturated carbocycles. The molecule has 7 heteroatoms. The number of nitrogens with zero attached hydrogens (tertiary/aromatic N) is 1. The fourth-order valence-corrected chi connectivity index (χ4v) is 2.77. The summed E-state index contributed by atoms with van der Waals surface area (Å²) < 4.78 is 10.6. The van der Waals surface area contributed by atoms with Crippen LogP contribution in [0.3, 0.4) is 0 Å². The minimum Gasteiger partial charge on any atom is -0.454 e. The summed E-state index contributed by atoms with van der Waals surface area (Å²) in [6.07, 6.45) is 0.201. The second kappa shape index (κ2) is 8.10. The molecule has 6 nitrogen and oxygen atoms in total. The summed E-state index contributed by atoms with van der Waals surface area (Å²) in [5.41, 5.74) is 1.63. The molecule has 1 N–H and O–H groups in total. The monoisotopic (exact) mass is 374 g/mol. The van der Waals surface area contributed by atoms with Gasteiger partial charge in [-0.05, 0) is 42.0 Å². The van der Waals surface area contributed by atoms with Gasteiger partial charge < -0.3 is 19.7 Å². The lowest BCUT2D eigenvalue weighted by molar-refractivity contribution is -0.121. The van der Waals surface area contributed by atoms with Gasteiger partial charge in [-0.2, -0.15) is 0 Å². The van der Waals surface area contributed by atoms with Crippen LogP contribution in [0.15, 0.2) is 42.5 Å². The molecule has 1 aliphatic rings. The number of anilines is 1. The highest BCUT2D eigenvalue weighted by atomic mass is 35.5. The average molecular weight is 375 g/mol. The Hall–Kier alpha value is -2.73. The molecule has 0 spiro atoms. The number of carbonyl (C=O) groups is 2. The van der Waals surface area contributed by atoms with Crippen molar-refractivity contribution in [1.82, 2.24) is 5.32 Å². The molecule has 0 radical (unpaired) electrons. The van der Waals surface area contributed by atoms with Crippen LogP contribution in [-0.4, -0.2) is 25.2 Å². The first-order valence-electron chi connectivity index (χ1n) is 8.22. The highest BCUT2D eigenvalue weighted by Crippen LogP contribution is 2.32. The molecular weight excluding hydrogens is 356 g/mol. The lowest BCUT2D eigenvalue weighted by atomic mass is 10.2. The molecule has 3 rings (SSSR count). The van der Waals surface area contributed by atoms with Crippen LogP contribution in [-0.2, 0) is 16.1 Å². The van der Waals surface area contributed by atoms with Gasteiger partial charge in [0.25, 0.3) is 0 Å². The van der Waals surface area contributed by atoms with Crippen molar-refractivity contribution in [3.8, 4) is 11.5 Å². The summed E-state index contributed by atoms with van der Waals surface area (Å²) >= 11 is 5.87. The van der Waals surface area contributed by atoms with E-state index in [-0.39, 0.29) is 25.0 Å². The van der Waals surface area contributed by atoms with Crippen molar-refractivity contribution in [3.63, 3.8) is 0 Å². The first-order valence-corrected chi connectivity index (χ1v) is 8.59. The van der Waals surface area contributed by atoms with Crippen LogP contribution in [0.5, 0.6) is 11.5 Å². The SMILES string of the molecule is CC(=O)N(CCC(=O)NCc1ccc2c(c1)OCO2)c1ccc(Cl)cc1. The Balaban J connectivity index is 1.52. The zero-order valence-electron chi connectivity index (χ0n) is 14.3. The van der Waals surface area contributed by atoms with E-state index in [0.717, 1.165) is 5.56 Å². The number of fused-ring (bicyclic) bond motifs is 1. The fourth-order valence-electron chi connectivity index (χ4n) is 2.64. The maximum atomic E-state index is 12.1. The van der Waals surface area contributed by atoms with Crippen LogP contribution in [0.2, 0.25) is 5.02 Å². The molecule has 2 aromatic carbocycles. The molecule has 136 valence electrons. The van der Waals surface area contributed by atoms with Gasteiger partial charge in [0.2, 0.25) is 18.6 Å². The quantitative estimate of drug-likeness (QED) is 0.843. The molecule has 1 heterocycles. The maximum Gasteiger partial charge on any atom is 0.231 e. The Morgan fingerprint density at radius 2 is 1.85 bits per heavy atom. The fraction of sp³-hybridized carbons (Fsp3) is 0.263. The Bertz CT molecular complexity index is 808. The average Bonchev–Trinajstić information content (AvgIpc) is 3.09. The van der Waals surface area contributed by atoms with E-state index < -0.39 is 0 Å². The number of ether oxygens (including phenoxy) is 2. The second-order valence-electron chi connectivity index (χ2n) is 5.86. The van der Waals surface area contributed by atoms with Crippen molar-refractivity contribution in [2.24, 2.45) is 0 Å². The molecule has 26 heavy (non-hydrogen) atoms. The number of rotatable bonds is 6. The van der Waals surface area contributed by atoms with Crippen LogP contribution < -0.4 is 19.7 Å². The molecule has 1 aliphatic heterocycles. The summed E-state index contributed by atoms with van der Waals surface area (Å²) in [5.74, 6) is 1.13. The molecule has 2 amide bonds. The molecule has 0 bridgehead atoms. The van der Waals surface area contributed by atoms with E-state index in [2.05, 4.69) is 5.32 Å². The summed E-state index contributed by atoms with van der Waals surface area (Å²) in [6.45, 7) is 2.37. The van der Waals surface area contributed by atoms with Gasteiger partial charge in [0, 0.05) is 37.1 Å². The largest absolute Gasteiger partial charge is 0.454 e. The van der Waals surface area contributed by atoms with Crippen LogP contribution in [0.4, 0.5) is 5.69 Å². The van der Waals surface area contributed by atoms with E-state index >= 15 is 0 Å². The van der Waals surface area contributed by atoms with E-state index in [1.807, 2.05) is 18.2 Å². The standard InChI is InChI=1S/C19H19ClN2O4/c1-13(23)22(16-5-3-15(20)4-6-16)9-8-19(24)21-11-14-2-7-17-18(10-14)26-12-25-17/h2-7,10H,8-9,11-12H2,1H3,(H,21,24). The third-order valence-electron chi connectivity index (χ3n) is 4.01. The van der Waals surface area contributed by atoms with Gasteiger partial charge in [0.1, 0.15) is 0 Å². The van der Waals surface area contributed by atoms with Gasteiger partial charge in [-0.3, -0.25) is 9.59 Å². The highest BCUT2D eigenvalue weighted by molar-refractivity contribution is 6.30. The van der Waals surface area contributed by atoms with Gasteiger partial charge in [0.05, 0.1) is 0 Å².